The highest BCUT2D eigenvalue weighted by Crippen LogP contribution is 2.29. The summed E-state index contributed by atoms with van der Waals surface area (Å²) < 4.78 is 13.4. The number of likely N-dealkylation sites (tertiary alicyclic amines) is 1. The summed E-state index contributed by atoms with van der Waals surface area (Å²) in [7, 11) is 0. The van der Waals surface area contributed by atoms with E-state index in [1.54, 1.807) is 12.2 Å². The minimum Gasteiger partial charge on any atom is -0.370 e. The third-order valence-corrected chi connectivity index (χ3v) is 4.24. The van der Waals surface area contributed by atoms with E-state index in [1.807, 2.05) is 0 Å². The van der Waals surface area contributed by atoms with Crippen LogP contribution in [0.4, 0.5) is 4.39 Å². The number of halogens is 1. The average Bonchev–Trinajstić information content (AvgIpc) is 2.67. The fourth-order valence-electron chi connectivity index (χ4n) is 2.96. The number of hydrogen-bond donors (Lipinski definition) is 1. The smallest absolute Gasteiger partial charge is 0.207 e. The van der Waals surface area contributed by atoms with Crippen molar-refractivity contribution in [2.24, 2.45) is 11.8 Å². The lowest BCUT2D eigenvalue weighted by Gasteiger charge is -2.39. The minimum atomic E-state index is -0.170. The molecule has 0 spiro atoms. The Hall–Kier alpha value is -2.02. The molecule has 1 fully saturated rings. The fraction of sp³-hybridized carbons (Fsp3) is 0.471. The molecule has 21 heavy (non-hydrogen) atoms. The summed E-state index contributed by atoms with van der Waals surface area (Å²) in [6.45, 7) is 4.63. The van der Waals surface area contributed by atoms with Crippen LogP contribution >= 0.6 is 0 Å². The molecule has 0 aromatic rings. The van der Waals surface area contributed by atoms with E-state index in [9.17, 15) is 9.18 Å². The van der Waals surface area contributed by atoms with Crippen LogP contribution in [0, 0.1) is 24.2 Å². The van der Waals surface area contributed by atoms with Crippen molar-refractivity contribution in [3.05, 3.63) is 35.3 Å². The van der Waals surface area contributed by atoms with Crippen LogP contribution in [0.2, 0.25) is 0 Å². The van der Waals surface area contributed by atoms with Gasteiger partial charge in [0.05, 0.1) is 5.70 Å². The van der Waals surface area contributed by atoms with Gasteiger partial charge in [0.2, 0.25) is 6.41 Å². The Morgan fingerprint density at radius 1 is 1.57 bits per heavy atom. The molecule has 0 radical (unpaired) electrons. The third kappa shape index (κ3) is 3.75. The van der Waals surface area contributed by atoms with Gasteiger partial charge in [0.25, 0.3) is 0 Å². The Balaban J connectivity index is 2.09. The molecule has 1 unspecified atom stereocenters. The second kappa shape index (κ2) is 7.12. The average molecular weight is 288 g/mol. The zero-order valence-corrected chi connectivity index (χ0v) is 12.3. The third-order valence-electron chi connectivity index (χ3n) is 4.24. The SMILES string of the molecule is C#CC1=CCC(F)=CC=C1N1CCC(CNC=O)[C@H](C)C1. The molecular formula is C17H21FN2O. The summed E-state index contributed by atoms with van der Waals surface area (Å²) in [5, 5.41) is 2.76. The molecule has 1 heterocycles. The highest BCUT2D eigenvalue weighted by atomic mass is 19.1. The predicted octanol–water partition coefficient (Wildman–Crippen LogP) is 2.39. The summed E-state index contributed by atoms with van der Waals surface area (Å²) in [4.78, 5) is 12.6. The number of carbonyl (C=O) groups excluding carboxylic acids is 1. The van der Waals surface area contributed by atoms with Crippen molar-refractivity contribution in [2.75, 3.05) is 19.6 Å². The molecule has 0 bridgehead atoms. The molecule has 1 amide bonds. The number of allylic oxidation sites excluding steroid dienone is 5. The highest BCUT2D eigenvalue weighted by Gasteiger charge is 2.27. The molecule has 1 N–H and O–H groups in total. The normalized spacial score (nSPS) is 26.0. The standard InChI is InChI=1S/C17H21FN2O/c1-3-14-4-5-16(18)6-7-17(14)20-9-8-15(10-19-12-21)13(2)11-20/h1,4,6-7,12-13,15H,5,8-11H2,2H3,(H,19,21)/t13-,15?/m1/s1. The number of nitrogens with one attached hydrogen (secondary N) is 1. The van der Waals surface area contributed by atoms with Gasteiger partial charge in [0.1, 0.15) is 5.83 Å². The highest BCUT2D eigenvalue weighted by molar-refractivity contribution is 5.47. The van der Waals surface area contributed by atoms with Crippen molar-refractivity contribution < 1.29 is 9.18 Å². The lowest BCUT2D eigenvalue weighted by Crippen LogP contribution is -2.42. The number of hydrogen-bond acceptors (Lipinski definition) is 2. The Bertz CT molecular complexity index is 527. The van der Waals surface area contributed by atoms with E-state index in [0.29, 0.717) is 18.4 Å². The van der Waals surface area contributed by atoms with Gasteiger partial charge in [-0.2, -0.15) is 0 Å². The molecule has 3 nitrogen and oxygen atoms in total. The zero-order chi connectivity index (χ0) is 15.2. The second-order valence-corrected chi connectivity index (χ2v) is 5.63. The van der Waals surface area contributed by atoms with Crippen LogP contribution in [0.3, 0.4) is 0 Å². The topological polar surface area (TPSA) is 32.3 Å². The Labute approximate surface area is 125 Å². The van der Waals surface area contributed by atoms with Crippen LogP contribution in [0.1, 0.15) is 19.8 Å². The van der Waals surface area contributed by atoms with E-state index in [2.05, 4.69) is 23.1 Å². The monoisotopic (exact) mass is 288 g/mol. The molecule has 2 atom stereocenters. The molecule has 0 aromatic heterocycles. The van der Waals surface area contributed by atoms with Crippen molar-refractivity contribution in [1.82, 2.24) is 10.2 Å². The Kier molecular flexibility index (Phi) is 5.21. The number of terminal acetylenes is 1. The summed E-state index contributed by atoms with van der Waals surface area (Å²) in [6.07, 6.45) is 12.6. The molecule has 1 aliphatic heterocycles. The number of carbonyl (C=O) groups is 1. The van der Waals surface area contributed by atoms with Gasteiger partial charge in [-0.3, -0.25) is 4.79 Å². The van der Waals surface area contributed by atoms with Crippen molar-refractivity contribution in [2.45, 2.75) is 19.8 Å². The number of rotatable bonds is 4. The number of nitrogens with zero attached hydrogens (tertiary/aromatic N) is 1. The Morgan fingerprint density at radius 3 is 3.05 bits per heavy atom. The predicted molar refractivity (Wildman–Crippen MR) is 81.7 cm³/mol. The maximum absolute atomic E-state index is 13.4. The molecule has 2 aliphatic rings. The zero-order valence-electron chi connectivity index (χ0n) is 12.3. The minimum absolute atomic E-state index is 0.170. The van der Waals surface area contributed by atoms with Crippen LogP contribution in [0.5, 0.6) is 0 Å². The molecule has 0 saturated carbocycles. The molecule has 1 aliphatic carbocycles. The largest absolute Gasteiger partial charge is 0.370 e. The van der Waals surface area contributed by atoms with E-state index in [4.69, 9.17) is 6.42 Å². The van der Waals surface area contributed by atoms with Gasteiger partial charge in [-0.1, -0.05) is 18.9 Å². The van der Waals surface area contributed by atoms with E-state index in [1.165, 1.54) is 6.08 Å². The number of piperidine rings is 1. The molecule has 1 saturated heterocycles. The second-order valence-electron chi connectivity index (χ2n) is 5.63. The first-order valence-electron chi connectivity index (χ1n) is 7.31. The van der Waals surface area contributed by atoms with Crippen LogP contribution in [-0.4, -0.2) is 30.9 Å². The van der Waals surface area contributed by atoms with Crippen LogP contribution in [-0.2, 0) is 4.79 Å². The van der Waals surface area contributed by atoms with Gasteiger partial charge in [-0.05, 0) is 30.4 Å². The lowest BCUT2D eigenvalue weighted by atomic mass is 9.86. The van der Waals surface area contributed by atoms with Gasteiger partial charge in [0, 0.05) is 31.6 Å². The molecular weight excluding hydrogens is 267 g/mol. The summed E-state index contributed by atoms with van der Waals surface area (Å²) in [5.74, 6) is 3.42. The quantitative estimate of drug-likeness (QED) is 0.636. The first-order chi connectivity index (χ1) is 10.2. The fourth-order valence-corrected chi connectivity index (χ4v) is 2.96. The van der Waals surface area contributed by atoms with Gasteiger partial charge in [-0.15, -0.1) is 6.42 Å². The summed E-state index contributed by atoms with van der Waals surface area (Å²) in [6, 6.07) is 0. The van der Waals surface area contributed by atoms with Crippen molar-refractivity contribution in [1.29, 1.82) is 0 Å². The van der Waals surface area contributed by atoms with Gasteiger partial charge in [-0.25, -0.2) is 4.39 Å². The van der Waals surface area contributed by atoms with Gasteiger partial charge >= 0.3 is 0 Å². The molecule has 112 valence electrons. The molecule has 0 aromatic carbocycles. The molecule has 2 rings (SSSR count). The van der Waals surface area contributed by atoms with Crippen molar-refractivity contribution in [3.8, 4) is 12.3 Å². The maximum Gasteiger partial charge on any atom is 0.207 e. The van der Waals surface area contributed by atoms with Crippen LogP contribution < -0.4 is 5.32 Å². The van der Waals surface area contributed by atoms with Crippen LogP contribution in [0.25, 0.3) is 0 Å². The Morgan fingerprint density at radius 2 is 2.38 bits per heavy atom. The first kappa shape index (κ1) is 15.4. The maximum atomic E-state index is 13.4. The van der Waals surface area contributed by atoms with Gasteiger partial charge < -0.3 is 10.2 Å². The first-order valence-corrected chi connectivity index (χ1v) is 7.31. The number of amides is 1. The van der Waals surface area contributed by atoms with E-state index in [-0.39, 0.29) is 12.2 Å². The van der Waals surface area contributed by atoms with E-state index in [0.717, 1.165) is 37.2 Å². The van der Waals surface area contributed by atoms with E-state index < -0.39 is 0 Å². The summed E-state index contributed by atoms with van der Waals surface area (Å²) in [5.41, 5.74) is 1.69. The summed E-state index contributed by atoms with van der Waals surface area (Å²) >= 11 is 0. The molecule has 4 heteroatoms. The van der Waals surface area contributed by atoms with Crippen LogP contribution in [0.15, 0.2) is 35.3 Å². The lowest BCUT2D eigenvalue weighted by molar-refractivity contribution is -0.109. The van der Waals surface area contributed by atoms with Crippen molar-refractivity contribution >= 4 is 6.41 Å². The van der Waals surface area contributed by atoms with Crippen molar-refractivity contribution in [3.63, 3.8) is 0 Å². The van der Waals surface area contributed by atoms with E-state index >= 15 is 0 Å². The van der Waals surface area contributed by atoms with Gasteiger partial charge in [0.15, 0.2) is 0 Å².